The lowest BCUT2D eigenvalue weighted by Gasteiger charge is -2.11. The third-order valence-electron chi connectivity index (χ3n) is 3.50. The number of aryl methyl sites for hydroxylation is 2. The van der Waals surface area contributed by atoms with Crippen LogP contribution < -0.4 is 10.6 Å². The van der Waals surface area contributed by atoms with Crippen LogP contribution in [0.25, 0.3) is 10.9 Å². The number of nitrogens with zero attached hydrogens (tertiary/aromatic N) is 2. The molecule has 0 fully saturated rings. The lowest BCUT2D eigenvalue weighted by molar-refractivity contribution is 1.06. The first-order chi connectivity index (χ1) is 10.7. The molecule has 22 heavy (non-hydrogen) atoms. The van der Waals surface area contributed by atoms with Crippen LogP contribution in [0.15, 0.2) is 48.7 Å². The zero-order valence-electron chi connectivity index (χ0n) is 12.9. The van der Waals surface area contributed by atoms with Crippen LogP contribution in [0.5, 0.6) is 0 Å². The summed E-state index contributed by atoms with van der Waals surface area (Å²) in [6, 6.07) is 14.3. The molecule has 2 heterocycles. The van der Waals surface area contributed by atoms with Crippen molar-refractivity contribution in [2.75, 3.05) is 23.7 Å². The molecule has 0 unspecified atom stereocenters. The average Bonchev–Trinajstić information content (AvgIpc) is 2.53. The summed E-state index contributed by atoms with van der Waals surface area (Å²) in [4.78, 5) is 8.89. The van der Waals surface area contributed by atoms with Crippen molar-refractivity contribution >= 4 is 22.4 Å². The summed E-state index contributed by atoms with van der Waals surface area (Å²) < 4.78 is 0. The molecule has 0 amide bonds. The first kappa shape index (κ1) is 14.3. The Morgan fingerprint density at radius 1 is 0.955 bits per heavy atom. The number of pyridine rings is 2. The second-order valence-electron chi connectivity index (χ2n) is 5.40. The van der Waals surface area contributed by atoms with Crippen LogP contribution in [0, 0.1) is 13.8 Å². The van der Waals surface area contributed by atoms with Crippen LogP contribution in [0.4, 0.5) is 11.5 Å². The monoisotopic (exact) mass is 292 g/mol. The highest BCUT2D eigenvalue weighted by molar-refractivity contribution is 5.91. The third kappa shape index (κ3) is 3.34. The number of aromatic nitrogens is 2. The van der Waals surface area contributed by atoms with Gasteiger partial charge < -0.3 is 10.6 Å². The number of benzene rings is 1. The topological polar surface area (TPSA) is 49.8 Å². The molecular weight excluding hydrogens is 272 g/mol. The minimum Gasteiger partial charge on any atom is -0.383 e. The molecule has 0 aliphatic heterocycles. The molecule has 3 rings (SSSR count). The van der Waals surface area contributed by atoms with E-state index in [0.717, 1.165) is 41.2 Å². The van der Waals surface area contributed by atoms with Crippen molar-refractivity contribution in [1.29, 1.82) is 0 Å². The van der Waals surface area contributed by atoms with Gasteiger partial charge in [-0.1, -0.05) is 24.3 Å². The molecule has 112 valence electrons. The van der Waals surface area contributed by atoms with E-state index in [1.807, 2.05) is 44.3 Å². The van der Waals surface area contributed by atoms with Gasteiger partial charge in [-0.15, -0.1) is 0 Å². The molecular formula is C18H20N4. The maximum absolute atomic E-state index is 4.55. The summed E-state index contributed by atoms with van der Waals surface area (Å²) in [5.41, 5.74) is 4.34. The van der Waals surface area contributed by atoms with Crippen LogP contribution in [0.1, 0.15) is 11.3 Å². The van der Waals surface area contributed by atoms with Crippen LogP contribution in [-0.4, -0.2) is 23.1 Å². The Labute approximate surface area is 130 Å². The minimum absolute atomic E-state index is 0.811. The quantitative estimate of drug-likeness (QED) is 0.703. The fourth-order valence-electron chi connectivity index (χ4n) is 2.41. The van der Waals surface area contributed by atoms with Gasteiger partial charge in [0.25, 0.3) is 0 Å². The van der Waals surface area contributed by atoms with Crippen LogP contribution in [0.2, 0.25) is 0 Å². The summed E-state index contributed by atoms with van der Waals surface area (Å²) >= 11 is 0. The summed E-state index contributed by atoms with van der Waals surface area (Å²) in [5.74, 6) is 0.906. The molecule has 4 heteroatoms. The SMILES string of the molecule is Cc1ccc(NCCNc2cc(C)nc3ccccc23)nc1. The zero-order chi connectivity index (χ0) is 15.4. The van der Waals surface area contributed by atoms with Crippen molar-refractivity contribution in [3.63, 3.8) is 0 Å². The van der Waals surface area contributed by atoms with Gasteiger partial charge in [-0.3, -0.25) is 4.98 Å². The van der Waals surface area contributed by atoms with Crippen molar-refractivity contribution in [3.05, 3.63) is 59.9 Å². The molecule has 0 aliphatic carbocycles. The van der Waals surface area contributed by atoms with E-state index in [1.165, 1.54) is 5.56 Å². The second-order valence-corrected chi connectivity index (χ2v) is 5.40. The molecule has 0 atom stereocenters. The van der Waals surface area contributed by atoms with E-state index < -0.39 is 0 Å². The second kappa shape index (κ2) is 6.43. The van der Waals surface area contributed by atoms with E-state index in [-0.39, 0.29) is 0 Å². The number of rotatable bonds is 5. The fraction of sp³-hybridized carbons (Fsp3) is 0.222. The Bertz CT molecular complexity index is 766. The van der Waals surface area contributed by atoms with Gasteiger partial charge >= 0.3 is 0 Å². The van der Waals surface area contributed by atoms with Crippen LogP contribution in [-0.2, 0) is 0 Å². The zero-order valence-corrected chi connectivity index (χ0v) is 12.9. The molecule has 0 spiro atoms. The molecule has 0 saturated carbocycles. The summed E-state index contributed by atoms with van der Waals surface area (Å²) in [6.07, 6.45) is 1.87. The first-order valence-electron chi connectivity index (χ1n) is 7.49. The number of hydrogen-bond acceptors (Lipinski definition) is 4. The van der Waals surface area contributed by atoms with E-state index in [0.29, 0.717) is 0 Å². The van der Waals surface area contributed by atoms with Gasteiger partial charge in [0.05, 0.1) is 5.52 Å². The largest absolute Gasteiger partial charge is 0.383 e. The van der Waals surface area contributed by atoms with E-state index >= 15 is 0 Å². The lowest BCUT2D eigenvalue weighted by Crippen LogP contribution is -2.14. The number of hydrogen-bond donors (Lipinski definition) is 2. The Morgan fingerprint density at radius 3 is 2.59 bits per heavy atom. The molecule has 0 bridgehead atoms. The van der Waals surface area contributed by atoms with Crippen molar-refractivity contribution in [2.24, 2.45) is 0 Å². The molecule has 0 saturated heterocycles. The van der Waals surface area contributed by atoms with Gasteiger partial charge in [0.1, 0.15) is 5.82 Å². The van der Waals surface area contributed by atoms with Crippen LogP contribution in [0.3, 0.4) is 0 Å². The Kier molecular flexibility index (Phi) is 4.19. The van der Waals surface area contributed by atoms with Gasteiger partial charge in [0, 0.05) is 36.1 Å². The Hall–Kier alpha value is -2.62. The highest BCUT2D eigenvalue weighted by Gasteiger charge is 2.02. The lowest BCUT2D eigenvalue weighted by atomic mass is 10.1. The van der Waals surface area contributed by atoms with Gasteiger partial charge in [-0.2, -0.15) is 0 Å². The van der Waals surface area contributed by atoms with Gasteiger partial charge in [0.2, 0.25) is 0 Å². The molecule has 4 nitrogen and oxygen atoms in total. The van der Waals surface area contributed by atoms with Crippen molar-refractivity contribution in [2.45, 2.75) is 13.8 Å². The van der Waals surface area contributed by atoms with Crippen LogP contribution >= 0.6 is 0 Å². The predicted molar refractivity (Wildman–Crippen MR) is 92.4 cm³/mol. The number of nitrogens with one attached hydrogen (secondary N) is 2. The summed E-state index contributed by atoms with van der Waals surface area (Å²) in [6.45, 7) is 5.69. The highest BCUT2D eigenvalue weighted by Crippen LogP contribution is 2.22. The summed E-state index contributed by atoms with van der Waals surface area (Å²) in [7, 11) is 0. The van der Waals surface area contributed by atoms with E-state index in [4.69, 9.17) is 0 Å². The predicted octanol–water partition coefficient (Wildman–Crippen LogP) is 3.77. The molecule has 2 N–H and O–H groups in total. The minimum atomic E-state index is 0.811. The number of para-hydroxylation sites is 1. The number of fused-ring (bicyclic) bond motifs is 1. The van der Waals surface area contributed by atoms with Crippen molar-refractivity contribution < 1.29 is 0 Å². The van der Waals surface area contributed by atoms with Crippen molar-refractivity contribution in [3.8, 4) is 0 Å². The first-order valence-corrected chi connectivity index (χ1v) is 7.49. The van der Waals surface area contributed by atoms with E-state index in [9.17, 15) is 0 Å². The summed E-state index contributed by atoms with van der Waals surface area (Å²) in [5, 5.41) is 7.95. The van der Waals surface area contributed by atoms with Gasteiger partial charge in [0.15, 0.2) is 0 Å². The standard InChI is InChI=1S/C18H20N4/c1-13-7-8-18(21-12-13)20-10-9-19-17-11-14(2)22-16-6-4-3-5-15(16)17/h3-8,11-12H,9-10H2,1-2H3,(H,19,22)(H,20,21). The average molecular weight is 292 g/mol. The molecule has 1 aromatic carbocycles. The molecule has 0 radical (unpaired) electrons. The highest BCUT2D eigenvalue weighted by atomic mass is 15.0. The Morgan fingerprint density at radius 2 is 1.77 bits per heavy atom. The van der Waals surface area contributed by atoms with E-state index in [2.05, 4.69) is 38.8 Å². The van der Waals surface area contributed by atoms with E-state index in [1.54, 1.807) is 0 Å². The Balaban J connectivity index is 1.63. The molecule has 0 aliphatic rings. The smallest absolute Gasteiger partial charge is 0.125 e. The van der Waals surface area contributed by atoms with Gasteiger partial charge in [-0.25, -0.2) is 4.98 Å². The molecule has 3 aromatic rings. The third-order valence-corrected chi connectivity index (χ3v) is 3.50. The normalized spacial score (nSPS) is 10.6. The van der Waals surface area contributed by atoms with Gasteiger partial charge in [-0.05, 0) is 37.6 Å². The maximum atomic E-state index is 4.55. The fourth-order valence-corrected chi connectivity index (χ4v) is 2.41. The molecule has 2 aromatic heterocycles. The number of anilines is 2. The van der Waals surface area contributed by atoms with Crippen molar-refractivity contribution in [1.82, 2.24) is 9.97 Å². The maximum Gasteiger partial charge on any atom is 0.125 e.